The van der Waals surface area contributed by atoms with Crippen LogP contribution >= 0.6 is 23.2 Å². The third-order valence-electron chi connectivity index (χ3n) is 7.72. The lowest BCUT2D eigenvalue weighted by Crippen LogP contribution is -2.38. The molecule has 1 aliphatic heterocycles. The minimum absolute atomic E-state index is 0.175. The lowest BCUT2D eigenvalue weighted by atomic mass is 10.0. The van der Waals surface area contributed by atoms with Crippen molar-refractivity contribution in [3.8, 4) is 11.3 Å². The number of benzene rings is 2. The van der Waals surface area contributed by atoms with E-state index in [9.17, 15) is 4.79 Å². The Morgan fingerprint density at radius 1 is 1.08 bits per heavy atom. The molecule has 2 aromatic carbocycles. The van der Waals surface area contributed by atoms with Gasteiger partial charge in [-0.25, -0.2) is 4.79 Å². The van der Waals surface area contributed by atoms with Crippen molar-refractivity contribution < 1.29 is 18.8 Å². The topological polar surface area (TPSA) is 64.8 Å². The number of anilines is 1. The third kappa shape index (κ3) is 5.06. The molecule has 6 nitrogen and oxygen atoms in total. The predicted molar refractivity (Wildman–Crippen MR) is 148 cm³/mol. The highest BCUT2D eigenvalue weighted by atomic mass is 35.5. The fourth-order valence-electron chi connectivity index (χ4n) is 5.79. The molecule has 1 aromatic heterocycles. The summed E-state index contributed by atoms with van der Waals surface area (Å²) >= 11 is 13.0. The minimum atomic E-state index is -0.509. The highest BCUT2D eigenvalue weighted by molar-refractivity contribution is 6.39. The van der Waals surface area contributed by atoms with E-state index in [0.717, 1.165) is 49.2 Å². The fourth-order valence-corrected chi connectivity index (χ4v) is 6.37. The zero-order valence-corrected chi connectivity index (χ0v) is 23.4. The van der Waals surface area contributed by atoms with Crippen LogP contribution < -0.4 is 4.90 Å². The van der Waals surface area contributed by atoms with Crippen molar-refractivity contribution in [3.05, 3.63) is 69.4 Å². The van der Waals surface area contributed by atoms with Crippen molar-refractivity contribution in [1.82, 2.24) is 5.16 Å². The smallest absolute Gasteiger partial charge is 0.338 e. The standard InChI is InChI=1S/C30H32Cl2N2O4/c1-30(2,3)37-29(35)18-9-11-20(12-10-18)34-15-19-13-21(34)14-25(19)36-16-22-27(33-38-28(22)17-7-8-17)26-23(31)5-4-6-24(26)32/h4-6,9-12,17,19,21,25H,7-8,13-16H2,1-3H3/t19-,21-,25+/m0/s1. The van der Waals surface area contributed by atoms with Gasteiger partial charge in [-0.3, -0.25) is 0 Å². The van der Waals surface area contributed by atoms with Crippen LogP contribution in [-0.4, -0.2) is 35.4 Å². The van der Waals surface area contributed by atoms with E-state index in [1.807, 2.05) is 63.2 Å². The molecule has 38 heavy (non-hydrogen) atoms. The largest absolute Gasteiger partial charge is 0.456 e. The van der Waals surface area contributed by atoms with Crippen LogP contribution in [0, 0.1) is 5.92 Å². The van der Waals surface area contributed by atoms with Crippen LogP contribution in [0.2, 0.25) is 10.0 Å². The van der Waals surface area contributed by atoms with Crippen molar-refractivity contribution in [1.29, 1.82) is 0 Å². The molecule has 0 radical (unpaired) electrons. The van der Waals surface area contributed by atoms with Gasteiger partial charge in [0, 0.05) is 41.2 Å². The lowest BCUT2D eigenvalue weighted by molar-refractivity contribution is 0.00695. The summed E-state index contributed by atoms with van der Waals surface area (Å²) in [6.45, 7) is 7.00. The SMILES string of the molecule is CC(C)(C)OC(=O)c1ccc(N2C[C@@H]3C[C@H]2C[C@H]3OCc2c(-c3c(Cl)cccc3Cl)noc2C2CC2)cc1. The van der Waals surface area contributed by atoms with Crippen LogP contribution in [0.4, 0.5) is 5.69 Å². The average Bonchev–Trinajstić information content (AvgIpc) is 3.32. The Morgan fingerprint density at radius 2 is 1.79 bits per heavy atom. The quantitative estimate of drug-likeness (QED) is 0.279. The van der Waals surface area contributed by atoms with Gasteiger partial charge < -0.3 is 18.9 Å². The molecule has 2 saturated carbocycles. The molecule has 8 heteroatoms. The van der Waals surface area contributed by atoms with E-state index in [1.54, 1.807) is 0 Å². The maximum absolute atomic E-state index is 12.4. The van der Waals surface area contributed by atoms with Gasteiger partial charge in [-0.1, -0.05) is 34.4 Å². The van der Waals surface area contributed by atoms with Crippen molar-refractivity contribution >= 4 is 34.9 Å². The first-order valence-corrected chi connectivity index (χ1v) is 14.1. The number of ether oxygens (including phenoxy) is 2. The summed E-state index contributed by atoms with van der Waals surface area (Å²) in [4.78, 5) is 14.8. The summed E-state index contributed by atoms with van der Waals surface area (Å²) in [5.74, 6) is 1.46. The number of hydrogen-bond acceptors (Lipinski definition) is 6. The van der Waals surface area contributed by atoms with Gasteiger partial charge in [-0.05, 0) is 82.9 Å². The zero-order valence-electron chi connectivity index (χ0n) is 21.9. The molecular weight excluding hydrogens is 523 g/mol. The number of rotatable bonds is 7. The Balaban J connectivity index is 1.12. The maximum Gasteiger partial charge on any atom is 0.338 e. The van der Waals surface area contributed by atoms with E-state index in [-0.39, 0.29) is 12.1 Å². The predicted octanol–water partition coefficient (Wildman–Crippen LogP) is 7.67. The van der Waals surface area contributed by atoms with Crippen molar-refractivity contribution in [2.45, 2.75) is 76.7 Å². The molecule has 2 heterocycles. The first kappa shape index (κ1) is 25.7. The summed E-state index contributed by atoms with van der Waals surface area (Å²) in [5.41, 5.74) is 3.57. The first-order chi connectivity index (χ1) is 18.2. The van der Waals surface area contributed by atoms with Crippen molar-refractivity contribution in [3.63, 3.8) is 0 Å². The van der Waals surface area contributed by atoms with E-state index < -0.39 is 5.60 Å². The molecule has 200 valence electrons. The van der Waals surface area contributed by atoms with Crippen LogP contribution in [0.1, 0.15) is 74.1 Å². The van der Waals surface area contributed by atoms with E-state index >= 15 is 0 Å². The van der Waals surface area contributed by atoms with Crippen LogP contribution in [0.5, 0.6) is 0 Å². The van der Waals surface area contributed by atoms with Gasteiger partial charge in [0.25, 0.3) is 0 Å². The van der Waals surface area contributed by atoms with E-state index in [0.29, 0.717) is 51.4 Å². The van der Waals surface area contributed by atoms with Gasteiger partial charge in [0.15, 0.2) is 0 Å². The van der Waals surface area contributed by atoms with E-state index in [2.05, 4.69) is 10.1 Å². The third-order valence-corrected chi connectivity index (χ3v) is 8.35. The number of carbonyl (C=O) groups excluding carboxylic acids is 1. The zero-order chi connectivity index (χ0) is 26.6. The molecule has 6 rings (SSSR count). The molecule has 2 bridgehead atoms. The average molecular weight is 556 g/mol. The van der Waals surface area contributed by atoms with Crippen LogP contribution in [0.15, 0.2) is 47.0 Å². The number of piperidine rings is 1. The number of nitrogens with zero attached hydrogens (tertiary/aromatic N) is 2. The maximum atomic E-state index is 12.4. The molecule has 3 fully saturated rings. The highest BCUT2D eigenvalue weighted by Gasteiger charge is 2.45. The summed E-state index contributed by atoms with van der Waals surface area (Å²) in [5, 5.41) is 5.50. The molecule has 0 spiro atoms. The molecule has 0 unspecified atom stereocenters. The van der Waals surface area contributed by atoms with Crippen molar-refractivity contribution in [2.75, 3.05) is 11.4 Å². The Morgan fingerprint density at radius 3 is 2.39 bits per heavy atom. The van der Waals surface area contributed by atoms with Crippen molar-refractivity contribution in [2.24, 2.45) is 5.92 Å². The van der Waals surface area contributed by atoms with E-state index in [1.165, 1.54) is 0 Å². The number of aromatic nitrogens is 1. The Kier molecular flexibility index (Phi) is 6.69. The van der Waals surface area contributed by atoms with Gasteiger partial charge in [0.2, 0.25) is 0 Å². The number of esters is 1. The van der Waals surface area contributed by atoms with Gasteiger partial charge in [0.05, 0.1) is 28.3 Å². The van der Waals surface area contributed by atoms with Crippen LogP contribution in [-0.2, 0) is 16.1 Å². The van der Waals surface area contributed by atoms with Crippen LogP contribution in [0.25, 0.3) is 11.3 Å². The monoisotopic (exact) mass is 554 g/mol. The summed E-state index contributed by atoms with van der Waals surface area (Å²) in [7, 11) is 0. The Hall–Kier alpha value is -2.54. The summed E-state index contributed by atoms with van der Waals surface area (Å²) < 4.78 is 17.8. The summed E-state index contributed by atoms with van der Waals surface area (Å²) in [6, 6.07) is 13.7. The molecule has 0 amide bonds. The molecular formula is C30H32Cl2N2O4. The Bertz CT molecular complexity index is 1320. The van der Waals surface area contributed by atoms with E-state index in [4.69, 9.17) is 37.2 Å². The van der Waals surface area contributed by atoms with Crippen LogP contribution in [0.3, 0.4) is 0 Å². The normalized spacial score (nSPS) is 22.8. The van der Waals surface area contributed by atoms with Gasteiger partial charge in [-0.2, -0.15) is 0 Å². The first-order valence-electron chi connectivity index (χ1n) is 13.3. The lowest BCUT2D eigenvalue weighted by Gasteiger charge is -2.33. The summed E-state index contributed by atoms with van der Waals surface area (Å²) in [6.07, 6.45) is 4.45. The second-order valence-corrected chi connectivity index (χ2v) is 12.5. The Labute approximate surface area is 233 Å². The number of hydrogen-bond donors (Lipinski definition) is 0. The molecule has 1 saturated heterocycles. The number of carbonyl (C=O) groups is 1. The highest BCUT2D eigenvalue weighted by Crippen LogP contribution is 2.47. The molecule has 3 atom stereocenters. The number of fused-ring (bicyclic) bond motifs is 2. The second kappa shape index (κ2) is 9.89. The fraction of sp³-hybridized carbons (Fsp3) is 0.467. The molecule has 2 aliphatic carbocycles. The number of halogens is 2. The van der Waals surface area contributed by atoms with Gasteiger partial charge >= 0.3 is 5.97 Å². The molecule has 3 aliphatic rings. The second-order valence-electron chi connectivity index (χ2n) is 11.7. The van der Waals surface area contributed by atoms with Gasteiger partial charge in [0.1, 0.15) is 17.1 Å². The minimum Gasteiger partial charge on any atom is -0.456 e. The van der Waals surface area contributed by atoms with Gasteiger partial charge in [-0.15, -0.1) is 0 Å². The molecule has 0 N–H and O–H groups in total. The molecule has 3 aromatic rings.